The zero-order valence-corrected chi connectivity index (χ0v) is 13.0. The highest BCUT2D eigenvalue weighted by atomic mass is 79.9. The van der Waals surface area contributed by atoms with Gasteiger partial charge >= 0.3 is 5.51 Å². The fraction of sp³-hybridized carbons (Fsp3) is 0.538. The van der Waals surface area contributed by atoms with Crippen LogP contribution in [0, 0.1) is 0 Å². The van der Waals surface area contributed by atoms with Crippen molar-refractivity contribution in [3.05, 3.63) is 34.3 Å². The number of halogens is 4. The Morgan fingerprint density at radius 3 is 2.68 bits per heavy atom. The molecule has 0 spiro atoms. The number of thioether (sulfide) groups is 1. The van der Waals surface area contributed by atoms with Crippen molar-refractivity contribution in [2.24, 2.45) is 0 Å². The summed E-state index contributed by atoms with van der Waals surface area (Å²) in [5.41, 5.74) is -3.07. The summed E-state index contributed by atoms with van der Waals surface area (Å²) in [7, 11) is 0. The predicted octanol–water partition coefficient (Wildman–Crippen LogP) is 4.79. The van der Waals surface area contributed by atoms with Crippen LogP contribution in [-0.4, -0.2) is 24.4 Å². The number of rotatable bonds is 7. The van der Waals surface area contributed by atoms with E-state index in [1.165, 1.54) is 0 Å². The fourth-order valence-electron chi connectivity index (χ4n) is 1.78. The first-order valence-corrected chi connectivity index (χ1v) is 7.87. The van der Waals surface area contributed by atoms with Crippen LogP contribution in [0.15, 0.2) is 28.7 Å². The van der Waals surface area contributed by atoms with Gasteiger partial charge in [0.05, 0.1) is 0 Å². The molecule has 6 heteroatoms. The third-order valence-corrected chi connectivity index (χ3v) is 3.95. The Hall–Kier alpha value is -0.200. The minimum Gasteiger partial charge on any atom is -0.316 e. The number of nitrogens with one attached hydrogen (secondary N) is 1. The summed E-state index contributed by atoms with van der Waals surface area (Å²) in [6.45, 7) is 3.50. The van der Waals surface area contributed by atoms with Gasteiger partial charge < -0.3 is 5.32 Å². The van der Waals surface area contributed by atoms with Gasteiger partial charge in [-0.3, -0.25) is 0 Å². The summed E-state index contributed by atoms with van der Waals surface area (Å²) in [5.74, 6) is 0.193. The molecule has 1 rings (SSSR count). The third kappa shape index (κ3) is 7.22. The molecule has 0 bridgehead atoms. The Kier molecular flexibility index (Phi) is 7.25. The SMILES string of the molecule is CCNCC(CCSC(F)(F)F)c1cccc(Br)c1. The molecule has 0 aliphatic rings. The highest BCUT2D eigenvalue weighted by Gasteiger charge is 2.28. The van der Waals surface area contributed by atoms with Gasteiger partial charge in [0.2, 0.25) is 0 Å². The third-order valence-electron chi connectivity index (χ3n) is 2.69. The minimum absolute atomic E-state index is 0.0547. The van der Waals surface area contributed by atoms with E-state index in [9.17, 15) is 13.2 Å². The van der Waals surface area contributed by atoms with Gasteiger partial charge in [0.1, 0.15) is 0 Å². The maximum atomic E-state index is 12.2. The van der Waals surface area contributed by atoms with E-state index in [4.69, 9.17) is 0 Å². The lowest BCUT2D eigenvalue weighted by molar-refractivity contribution is -0.0328. The number of hydrogen-bond donors (Lipinski definition) is 1. The highest BCUT2D eigenvalue weighted by Crippen LogP contribution is 2.33. The van der Waals surface area contributed by atoms with Crippen LogP contribution in [0.5, 0.6) is 0 Å². The lowest BCUT2D eigenvalue weighted by Gasteiger charge is -2.18. The zero-order chi connectivity index (χ0) is 14.3. The fourth-order valence-corrected chi connectivity index (χ4v) is 2.83. The number of alkyl halides is 3. The summed E-state index contributed by atoms with van der Waals surface area (Å²) < 4.78 is 37.4. The maximum absolute atomic E-state index is 12.2. The van der Waals surface area contributed by atoms with Gasteiger partial charge in [0.25, 0.3) is 0 Å². The lowest BCUT2D eigenvalue weighted by Crippen LogP contribution is -2.22. The van der Waals surface area contributed by atoms with Gasteiger partial charge in [-0.25, -0.2) is 0 Å². The van der Waals surface area contributed by atoms with Gasteiger partial charge in [-0.05, 0) is 36.6 Å². The molecular formula is C13H17BrF3NS. The van der Waals surface area contributed by atoms with Crippen LogP contribution in [0.1, 0.15) is 24.8 Å². The van der Waals surface area contributed by atoms with Crippen LogP contribution in [-0.2, 0) is 0 Å². The first-order chi connectivity index (χ1) is 8.92. The molecule has 0 aliphatic carbocycles. The molecule has 0 saturated carbocycles. The quantitative estimate of drug-likeness (QED) is 0.754. The van der Waals surface area contributed by atoms with Crippen molar-refractivity contribution < 1.29 is 13.2 Å². The monoisotopic (exact) mass is 355 g/mol. The molecule has 1 nitrogen and oxygen atoms in total. The van der Waals surface area contributed by atoms with Gasteiger partial charge in [-0.15, -0.1) is 0 Å². The maximum Gasteiger partial charge on any atom is 0.441 e. The van der Waals surface area contributed by atoms with Crippen molar-refractivity contribution in [3.8, 4) is 0 Å². The van der Waals surface area contributed by atoms with E-state index in [1.807, 2.05) is 31.2 Å². The standard InChI is InChI=1S/C13H17BrF3NS/c1-2-18-9-11(6-7-19-13(15,16)17)10-4-3-5-12(14)8-10/h3-5,8,11,18H,2,6-7,9H2,1H3. The van der Waals surface area contributed by atoms with Gasteiger partial charge in [0, 0.05) is 16.8 Å². The zero-order valence-electron chi connectivity index (χ0n) is 10.6. The van der Waals surface area contributed by atoms with Crippen LogP contribution in [0.4, 0.5) is 13.2 Å². The Bertz CT molecular complexity index is 384. The van der Waals surface area contributed by atoms with Gasteiger partial charge in [-0.1, -0.05) is 46.7 Å². The average molecular weight is 356 g/mol. The van der Waals surface area contributed by atoms with Crippen LogP contribution in [0.2, 0.25) is 0 Å². The van der Waals surface area contributed by atoms with E-state index in [-0.39, 0.29) is 23.4 Å². The average Bonchev–Trinajstić information content (AvgIpc) is 2.32. The topological polar surface area (TPSA) is 12.0 Å². The van der Waals surface area contributed by atoms with Crippen LogP contribution in [0.25, 0.3) is 0 Å². The highest BCUT2D eigenvalue weighted by molar-refractivity contribution is 9.10. The molecule has 1 atom stereocenters. The molecule has 0 radical (unpaired) electrons. The lowest BCUT2D eigenvalue weighted by atomic mass is 9.96. The number of likely N-dealkylation sites (N-methyl/N-ethyl adjacent to an activating group) is 1. The van der Waals surface area contributed by atoms with E-state index in [0.29, 0.717) is 13.0 Å². The smallest absolute Gasteiger partial charge is 0.316 e. The molecule has 1 N–H and O–H groups in total. The Morgan fingerprint density at radius 2 is 2.11 bits per heavy atom. The first kappa shape index (κ1) is 16.9. The molecule has 19 heavy (non-hydrogen) atoms. The molecule has 0 saturated heterocycles. The Balaban J connectivity index is 2.61. The van der Waals surface area contributed by atoms with Crippen molar-refractivity contribution in [1.29, 1.82) is 0 Å². The number of hydrogen-bond acceptors (Lipinski definition) is 2. The Labute approximate surface area is 124 Å². The molecular weight excluding hydrogens is 339 g/mol. The summed E-state index contributed by atoms with van der Waals surface area (Å²) in [6, 6.07) is 7.76. The summed E-state index contributed by atoms with van der Waals surface area (Å²) in [4.78, 5) is 0. The molecule has 1 unspecified atom stereocenters. The van der Waals surface area contributed by atoms with Crippen molar-refractivity contribution in [2.45, 2.75) is 24.8 Å². The second kappa shape index (κ2) is 8.17. The number of benzene rings is 1. The Morgan fingerprint density at radius 1 is 1.37 bits per heavy atom. The van der Waals surface area contributed by atoms with E-state index < -0.39 is 5.51 Å². The van der Waals surface area contributed by atoms with Gasteiger partial charge in [0.15, 0.2) is 0 Å². The van der Waals surface area contributed by atoms with Crippen molar-refractivity contribution >= 4 is 27.7 Å². The summed E-state index contributed by atoms with van der Waals surface area (Å²) >= 11 is 3.45. The normalized spacial score (nSPS) is 13.5. The minimum atomic E-state index is -4.14. The second-order valence-corrected chi connectivity index (χ2v) is 6.22. The van der Waals surface area contributed by atoms with E-state index in [2.05, 4.69) is 21.2 Å². The predicted molar refractivity (Wildman–Crippen MR) is 78.6 cm³/mol. The van der Waals surface area contributed by atoms with Crippen LogP contribution < -0.4 is 5.32 Å². The van der Waals surface area contributed by atoms with E-state index in [0.717, 1.165) is 16.6 Å². The molecule has 0 aromatic heterocycles. The molecule has 0 amide bonds. The van der Waals surface area contributed by atoms with E-state index in [1.54, 1.807) is 0 Å². The molecule has 0 fully saturated rings. The largest absolute Gasteiger partial charge is 0.441 e. The van der Waals surface area contributed by atoms with Crippen molar-refractivity contribution in [2.75, 3.05) is 18.8 Å². The van der Waals surface area contributed by atoms with Gasteiger partial charge in [-0.2, -0.15) is 13.2 Å². The van der Waals surface area contributed by atoms with Crippen molar-refractivity contribution in [1.82, 2.24) is 5.32 Å². The molecule has 1 aromatic carbocycles. The molecule has 0 heterocycles. The molecule has 108 valence electrons. The van der Waals surface area contributed by atoms with Crippen LogP contribution >= 0.6 is 27.7 Å². The van der Waals surface area contributed by atoms with E-state index >= 15 is 0 Å². The molecule has 0 aliphatic heterocycles. The molecule has 1 aromatic rings. The summed E-state index contributed by atoms with van der Waals surface area (Å²) in [6.07, 6.45) is 0.508. The first-order valence-electron chi connectivity index (χ1n) is 6.09. The summed E-state index contributed by atoms with van der Waals surface area (Å²) in [5, 5.41) is 3.21. The van der Waals surface area contributed by atoms with Crippen molar-refractivity contribution in [3.63, 3.8) is 0 Å². The second-order valence-electron chi connectivity index (χ2n) is 4.14. The van der Waals surface area contributed by atoms with Crippen LogP contribution in [0.3, 0.4) is 0 Å².